The second kappa shape index (κ2) is 11.3. The van der Waals surface area contributed by atoms with Crippen molar-refractivity contribution in [3.63, 3.8) is 0 Å². The molecule has 2 amide bonds. The summed E-state index contributed by atoms with van der Waals surface area (Å²) in [5.41, 5.74) is 3.22. The molecule has 1 aromatic heterocycles. The van der Waals surface area contributed by atoms with Crippen LogP contribution < -0.4 is 20.4 Å². The van der Waals surface area contributed by atoms with Crippen LogP contribution in [0.15, 0.2) is 24.4 Å². The first-order chi connectivity index (χ1) is 18.3. The van der Waals surface area contributed by atoms with Crippen molar-refractivity contribution in [2.75, 3.05) is 48.3 Å². The molecule has 1 aromatic carbocycles. The number of benzene rings is 1. The number of aryl methyl sites for hydroxylation is 1. The van der Waals surface area contributed by atoms with Gasteiger partial charge in [-0.25, -0.2) is 4.98 Å². The zero-order valence-electron chi connectivity index (χ0n) is 23.2. The fraction of sp³-hybridized carbons (Fsp3) is 0.586. The maximum atomic E-state index is 12.9. The Kier molecular flexibility index (Phi) is 7.83. The molecular weight excluding hydrogens is 478 g/mol. The molecule has 38 heavy (non-hydrogen) atoms. The first kappa shape index (κ1) is 26.4. The second-order valence-electron chi connectivity index (χ2n) is 11.1. The average Bonchev–Trinajstić information content (AvgIpc) is 3.44. The normalized spacial score (nSPS) is 21.4. The van der Waals surface area contributed by atoms with Crippen LogP contribution in [-0.2, 0) is 4.79 Å². The van der Waals surface area contributed by atoms with E-state index in [0.717, 1.165) is 68.1 Å². The number of fused-ring (bicyclic) bond motifs is 1. The number of piperidine rings is 1. The molecule has 3 heterocycles. The molecule has 2 N–H and O–H groups in total. The summed E-state index contributed by atoms with van der Waals surface area (Å²) in [6, 6.07) is 6.32. The van der Waals surface area contributed by atoms with Crippen molar-refractivity contribution >= 4 is 35.0 Å². The number of amides is 2. The fourth-order valence-corrected chi connectivity index (χ4v) is 6.05. The number of rotatable bonds is 6. The highest BCUT2D eigenvalue weighted by Gasteiger charge is 2.35. The zero-order chi connectivity index (χ0) is 26.8. The minimum absolute atomic E-state index is 0.0232. The number of likely N-dealkylation sites (tertiary alicyclic amines) is 1. The van der Waals surface area contributed by atoms with Crippen molar-refractivity contribution in [2.24, 2.45) is 5.92 Å². The maximum Gasteiger partial charge on any atom is 0.251 e. The Morgan fingerprint density at radius 3 is 2.55 bits per heavy atom. The van der Waals surface area contributed by atoms with E-state index < -0.39 is 0 Å². The molecule has 2 aliphatic heterocycles. The fourth-order valence-electron chi connectivity index (χ4n) is 6.05. The number of nitrogens with one attached hydrogen (secondary N) is 2. The molecule has 9 nitrogen and oxygen atoms in total. The molecule has 3 aliphatic rings. The summed E-state index contributed by atoms with van der Waals surface area (Å²) in [6.45, 7) is 9.96. The summed E-state index contributed by atoms with van der Waals surface area (Å²) in [5.74, 6) is 1.27. The van der Waals surface area contributed by atoms with Crippen molar-refractivity contribution in [2.45, 2.75) is 71.4 Å². The van der Waals surface area contributed by atoms with E-state index in [9.17, 15) is 9.59 Å². The van der Waals surface area contributed by atoms with Gasteiger partial charge in [0.05, 0.1) is 12.1 Å². The van der Waals surface area contributed by atoms with E-state index in [2.05, 4.69) is 32.3 Å². The van der Waals surface area contributed by atoms with Gasteiger partial charge in [-0.15, -0.1) is 0 Å². The predicted molar refractivity (Wildman–Crippen MR) is 151 cm³/mol. The van der Waals surface area contributed by atoms with Crippen LogP contribution in [0.2, 0.25) is 0 Å². The zero-order valence-corrected chi connectivity index (χ0v) is 23.2. The van der Waals surface area contributed by atoms with Gasteiger partial charge < -0.3 is 25.3 Å². The van der Waals surface area contributed by atoms with E-state index in [-0.39, 0.29) is 23.8 Å². The van der Waals surface area contributed by atoms with Crippen LogP contribution in [0.3, 0.4) is 0 Å². The molecule has 5 rings (SSSR count). The Labute approximate surface area is 226 Å². The SMILES string of the molecule is CCN1CCC(NC(=O)c2ccc(Nc3ncc4c(n3)N(C3CCCC3)CC(C)C(=O)N4C)c(C)c2)CC1. The lowest BCUT2D eigenvalue weighted by atomic mass is 10.0. The number of hydrogen-bond donors (Lipinski definition) is 2. The molecule has 0 bridgehead atoms. The van der Waals surface area contributed by atoms with Gasteiger partial charge in [0.1, 0.15) is 5.69 Å². The number of anilines is 4. The van der Waals surface area contributed by atoms with E-state index in [4.69, 9.17) is 4.98 Å². The highest BCUT2D eigenvalue weighted by Crippen LogP contribution is 2.37. The Hall–Kier alpha value is -3.20. The molecule has 1 aliphatic carbocycles. The second-order valence-corrected chi connectivity index (χ2v) is 11.1. The summed E-state index contributed by atoms with van der Waals surface area (Å²) < 4.78 is 0. The van der Waals surface area contributed by atoms with Gasteiger partial charge >= 0.3 is 0 Å². The molecular formula is C29H41N7O2. The molecule has 2 aromatic rings. The number of aromatic nitrogens is 2. The summed E-state index contributed by atoms with van der Waals surface area (Å²) in [7, 11) is 1.81. The van der Waals surface area contributed by atoms with E-state index in [0.29, 0.717) is 24.1 Å². The average molecular weight is 520 g/mol. The van der Waals surface area contributed by atoms with Crippen LogP contribution in [0.4, 0.5) is 23.1 Å². The minimum atomic E-state index is -0.105. The topological polar surface area (TPSA) is 93.7 Å². The number of carbonyl (C=O) groups excluding carboxylic acids is 2. The van der Waals surface area contributed by atoms with Gasteiger partial charge in [-0.2, -0.15) is 4.98 Å². The van der Waals surface area contributed by atoms with Gasteiger partial charge in [-0.05, 0) is 62.9 Å². The largest absolute Gasteiger partial charge is 0.351 e. The molecule has 204 valence electrons. The lowest BCUT2D eigenvalue weighted by Gasteiger charge is -2.31. The van der Waals surface area contributed by atoms with Crippen LogP contribution in [0.1, 0.15) is 68.3 Å². The predicted octanol–water partition coefficient (Wildman–Crippen LogP) is 4.10. The van der Waals surface area contributed by atoms with Gasteiger partial charge in [0.25, 0.3) is 5.91 Å². The van der Waals surface area contributed by atoms with E-state index in [1.165, 1.54) is 12.8 Å². The Morgan fingerprint density at radius 1 is 1.13 bits per heavy atom. The Bertz CT molecular complexity index is 1170. The summed E-state index contributed by atoms with van der Waals surface area (Å²) in [6.07, 6.45) is 8.40. The Balaban J connectivity index is 1.32. The van der Waals surface area contributed by atoms with E-state index in [1.807, 2.05) is 39.1 Å². The molecule has 0 spiro atoms. The first-order valence-electron chi connectivity index (χ1n) is 14.2. The van der Waals surface area contributed by atoms with Crippen molar-refractivity contribution in [1.82, 2.24) is 20.2 Å². The van der Waals surface area contributed by atoms with Crippen molar-refractivity contribution in [1.29, 1.82) is 0 Å². The smallest absolute Gasteiger partial charge is 0.251 e. The molecule has 1 unspecified atom stereocenters. The third-order valence-electron chi connectivity index (χ3n) is 8.48. The minimum Gasteiger partial charge on any atom is -0.351 e. The van der Waals surface area contributed by atoms with Crippen molar-refractivity contribution < 1.29 is 9.59 Å². The quantitative estimate of drug-likeness (QED) is 0.593. The molecule has 2 fully saturated rings. The van der Waals surface area contributed by atoms with Gasteiger partial charge in [0, 0.05) is 50.0 Å². The molecule has 0 radical (unpaired) electrons. The van der Waals surface area contributed by atoms with Crippen LogP contribution >= 0.6 is 0 Å². The summed E-state index contributed by atoms with van der Waals surface area (Å²) in [4.78, 5) is 41.8. The lowest BCUT2D eigenvalue weighted by molar-refractivity contribution is -0.121. The lowest BCUT2D eigenvalue weighted by Crippen LogP contribution is -2.44. The monoisotopic (exact) mass is 519 g/mol. The van der Waals surface area contributed by atoms with Crippen LogP contribution in [0.5, 0.6) is 0 Å². The van der Waals surface area contributed by atoms with Gasteiger partial charge in [0.2, 0.25) is 11.9 Å². The van der Waals surface area contributed by atoms with Gasteiger partial charge in [0.15, 0.2) is 5.82 Å². The van der Waals surface area contributed by atoms with Crippen LogP contribution in [0.25, 0.3) is 0 Å². The number of nitrogens with zero attached hydrogens (tertiary/aromatic N) is 5. The van der Waals surface area contributed by atoms with Crippen LogP contribution in [0, 0.1) is 12.8 Å². The summed E-state index contributed by atoms with van der Waals surface area (Å²) >= 11 is 0. The standard InChI is InChI=1S/C29H41N7O2/c1-5-35-14-12-22(13-15-35)31-27(37)21-10-11-24(19(2)16-21)32-29-30-17-25-26(33-29)36(23-8-6-7-9-23)18-20(3)28(38)34(25)4/h10-11,16-17,20,22-23H,5-9,12-15,18H2,1-4H3,(H,31,37)(H,30,32,33). The molecule has 9 heteroatoms. The van der Waals surface area contributed by atoms with Crippen molar-refractivity contribution in [3.8, 4) is 0 Å². The van der Waals surface area contributed by atoms with Gasteiger partial charge in [-0.3, -0.25) is 9.59 Å². The number of carbonyl (C=O) groups is 2. The molecule has 1 atom stereocenters. The number of hydrogen-bond acceptors (Lipinski definition) is 7. The van der Waals surface area contributed by atoms with Crippen molar-refractivity contribution in [3.05, 3.63) is 35.5 Å². The third-order valence-corrected chi connectivity index (χ3v) is 8.48. The van der Waals surface area contributed by atoms with Gasteiger partial charge in [-0.1, -0.05) is 26.7 Å². The Morgan fingerprint density at radius 2 is 1.87 bits per heavy atom. The highest BCUT2D eigenvalue weighted by atomic mass is 16.2. The molecule has 1 saturated heterocycles. The first-order valence-corrected chi connectivity index (χ1v) is 14.2. The van der Waals surface area contributed by atoms with Crippen LogP contribution in [-0.4, -0.2) is 72.0 Å². The van der Waals surface area contributed by atoms with E-state index >= 15 is 0 Å². The van der Waals surface area contributed by atoms with E-state index in [1.54, 1.807) is 11.1 Å². The molecule has 1 saturated carbocycles. The highest BCUT2D eigenvalue weighted by molar-refractivity contribution is 5.99. The third kappa shape index (κ3) is 5.48. The maximum absolute atomic E-state index is 12.9. The summed E-state index contributed by atoms with van der Waals surface area (Å²) in [5, 5.41) is 6.57.